The third kappa shape index (κ3) is 3.96. The van der Waals surface area contributed by atoms with Crippen molar-refractivity contribution in [3.63, 3.8) is 0 Å². The average molecular weight is 239 g/mol. The van der Waals surface area contributed by atoms with Gasteiger partial charge in [0.05, 0.1) is 6.10 Å². The third-order valence-electron chi connectivity index (χ3n) is 4.79. The summed E-state index contributed by atoms with van der Waals surface area (Å²) in [5, 5.41) is 10.2. The highest BCUT2D eigenvalue weighted by Crippen LogP contribution is 2.29. The van der Waals surface area contributed by atoms with Crippen molar-refractivity contribution in [1.29, 1.82) is 0 Å². The summed E-state index contributed by atoms with van der Waals surface area (Å²) in [5.74, 6) is 1.56. The number of hydrogen-bond donors (Lipinski definition) is 1. The van der Waals surface area contributed by atoms with E-state index in [1.54, 1.807) is 0 Å². The molecule has 2 rings (SSSR count). The number of hydrogen-bond acceptors (Lipinski definition) is 2. The van der Waals surface area contributed by atoms with E-state index in [-0.39, 0.29) is 6.10 Å². The summed E-state index contributed by atoms with van der Waals surface area (Å²) in [4.78, 5) is 2.50. The van der Waals surface area contributed by atoms with Crippen LogP contribution in [0.4, 0.5) is 0 Å². The summed E-state index contributed by atoms with van der Waals surface area (Å²) in [6, 6.07) is 0. The first-order chi connectivity index (χ1) is 8.29. The zero-order chi connectivity index (χ0) is 12.1. The lowest BCUT2D eigenvalue weighted by Gasteiger charge is -2.34. The molecular formula is C15H29NO. The molecule has 0 bridgehead atoms. The molecule has 1 aliphatic carbocycles. The highest BCUT2D eigenvalue weighted by atomic mass is 16.3. The summed E-state index contributed by atoms with van der Waals surface area (Å²) >= 11 is 0. The Balaban J connectivity index is 1.66. The first-order valence-electron chi connectivity index (χ1n) is 7.70. The van der Waals surface area contributed by atoms with Gasteiger partial charge in [-0.2, -0.15) is 0 Å². The van der Waals surface area contributed by atoms with E-state index >= 15 is 0 Å². The van der Waals surface area contributed by atoms with Crippen molar-refractivity contribution in [1.82, 2.24) is 4.90 Å². The van der Waals surface area contributed by atoms with Gasteiger partial charge in [-0.3, -0.25) is 0 Å². The van der Waals surface area contributed by atoms with E-state index in [2.05, 4.69) is 11.8 Å². The second kappa shape index (κ2) is 6.75. The van der Waals surface area contributed by atoms with Crippen molar-refractivity contribution in [2.45, 2.75) is 64.4 Å². The van der Waals surface area contributed by atoms with Gasteiger partial charge in [0.15, 0.2) is 0 Å². The number of rotatable bonds is 5. The first kappa shape index (κ1) is 13.4. The minimum atomic E-state index is -0.0553. The Hall–Kier alpha value is -0.0800. The molecule has 1 saturated heterocycles. The van der Waals surface area contributed by atoms with Gasteiger partial charge in [0, 0.05) is 6.54 Å². The van der Waals surface area contributed by atoms with E-state index in [0.29, 0.717) is 5.92 Å². The Labute approximate surface area is 106 Å². The number of aliphatic hydroxyl groups is 1. The number of nitrogens with zero attached hydrogens (tertiary/aromatic N) is 1. The molecule has 2 fully saturated rings. The van der Waals surface area contributed by atoms with Crippen LogP contribution in [-0.2, 0) is 0 Å². The van der Waals surface area contributed by atoms with Crippen LogP contribution < -0.4 is 0 Å². The summed E-state index contributed by atoms with van der Waals surface area (Å²) in [5.41, 5.74) is 0. The van der Waals surface area contributed by atoms with Crippen LogP contribution in [0.3, 0.4) is 0 Å². The molecule has 0 aromatic rings. The maximum absolute atomic E-state index is 10.2. The predicted octanol–water partition coefficient (Wildman–Crippen LogP) is 3.05. The summed E-state index contributed by atoms with van der Waals surface area (Å²) < 4.78 is 0. The van der Waals surface area contributed by atoms with Crippen LogP contribution in [0.1, 0.15) is 58.3 Å². The van der Waals surface area contributed by atoms with E-state index in [0.717, 1.165) is 12.5 Å². The molecule has 1 saturated carbocycles. The van der Waals surface area contributed by atoms with Crippen molar-refractivity contribution >= 4 is 0 Å². The minimum absolute atomic E-state index is 0.0553. The average Bonchev–Trinajstić information content (AvgIpc) is 2.86. The van der Waals surface area contributed by atoms with Gasteiger partial charge in [-0.15, -0.1) is 0 Å². The normalized spacial score (nSPS) is 26.5. The number of likely N-dealkylation sites (tertiary alicyclic amines) is 1. The maximum Gasteiger partial charge on any atom is 0.0695 e. The largest absolute Gasteiger partial charge is 0.392 e. The second-order valence-electron chi connectivity index (χ2n) is 6.14. The lowest BCUT2D eigenvalue weighted by atomic mass is 9.91. The molecule has 2 heteroatoms. The Morgan fingerprint density at radius 2 is 1.76 bits per heavy atom. The van der Waals surface area contributed by atoms with Gasteiger partial charge in [-0.1, -0.05) is 32.6 Å². The van der Waals surface area contributed by atoms with E-state index in [4.69, 9.17) is 0 Å². The van der Waals surface area contributed by atoms with Crippen molar-refractivity contribution in [2.24, 2.45) is 11.8 Å². The van der Waals surface area contributed by atoms with E-state index < -0.39 is 0 Å². The molecule has 0 aromatic heterocycles. The number of β-amino-alcohol motifs (C(OH)–C–C–N with tert-alkyl or cyclic N) is 1. The molecular weight excluding hydrogens is 210 g/mol. The zero-order valence-electron chi connectivity index (χ0n) is 11.4. The van der Waals surface area contributed by atoms with Gasteiger partial charge in [0.2, 0.25) is 0 Å². The molecule has 0 spiro atoms. The standard InChI is InChI=1S/C15H29NO/c1-2-5-13-8-10-16(11-9-13)12-15(17)14-6-3-4-7-14/h13-15,17H,2-12H2,1H3. The molecule has 17 heavy (non-hydrogen) atoms. The Morgan fingerprint density at radius 3 is 2.35 bits per heavy atom. The first-order valence-corrected chi connectivity index (χ1v) is 7.70. The maximum atomic E-state index is 10.2. The highest BCUT2D eigenvalue weighted by Gasteiger charge is 2.26. The van der Waals surface area contributed by atoms with Crippen LogP contribution in [0.2, 0.25) is 0 Å². The molecule has 2 nitrogen and oxygen atoms in total. The van der Waals surface area contributed by atoms with E-state index in [1.165, 1.54) is 64.5 Å². The SMILES string of the molecule is CCCC1CCN(CC(O)C2CCCC2)CC1. The van der Waals surface area contributed by atoms with Crippen LogP contribution in [-0.4, -0.2) is 35.7 Å². The molecule has 2 aliphatic rings. The smallest absolute Gasteiger partial charge is 0.0695 e. The van der Waals surface area contributed by atoms with Crippen LogP contribution in [0.25, 0.3) is 0 Å². The second-order valence-corrected chi connectivity index (χ2v) is 6.14. The molecule has 1 heterocycles. The van der Waals surface area contributed by atoms with Crippen molar-refractivity contribution in [3.05, 3.63) is 0 Å². The molecule has 0 radical (unpaired) electrons. The van der Waals surface area contributed by atoms with Gasteiger partial charge in [0.1, 0.15) is 0 Å². The van der Waals surface area contributed by atoms with Gasteiger partial charge in [0.25, 0.3) is 0 Å². The summed E-state index contributed by atoms with van der Waals surface area (Å²) in [6.45, 7) is 5.66. The molecule has 100 valence electrons. The fourth-order valence-electron chi connectivity index (χ4n) is 3.62. The Morgan fingerprint density at radius 1 is 1.12 bits per heavy atom. The lowest BCUT2D eigenvalue weighted by Crippen LogP contribution is -2.40. The van der Waals surface area contributed by atoms with Crippen molar-refractivity contribution in [2.75, 3.05) is 19.6 Å². The van der Waals surface area contributed by atoms with Gasteiger partial charge in [-0.25, -0.2) is 0 Å². The van der Waals surface area contributed by atoms with Crippen molar-refractivity contribution < 1.29 is 5.11 Å². The molecule has 1 unspecified atom stereocenters. The molecule has 1 atom stereocenters. The summed E-state index contributed by atoms with van der Waals surface area (Å²) in [7, 11) is 0. The lowest BCUT2D eigenvalue weighted by molar-refractivity contribution is 0.0508. The monoisotopic (exact) mass is 239 g/mol. The van der Waals surface area contributed by atoms with Crippen LogP contribution in [0, 0.1) is 11.8 Å². The predicted molar refractivity (Wildman–Crippen MR) is 72.0 cm³/mol. The van der Waals surface area contributed by atoms with Gasteiger partial charge in [-0.05, 0) is 50.6 Å². The molecule has 0 aromatic carbocycles. The molecule has 0 amide bonds. The fourth-order valence-corrected chi connectivity index (χ4v) is 3.62. The minimum Gasteiger partial charge on any atom is -0.392 e. The fraction of sp³-hybridized carbons (Fsp3) is 1.00. The quantitative estimate of drug-likeness (QED) is 0.797. The topological polar surface area (TPSA) is 23.5 Å². The summed E-state index contributed by atoms with van der Waals surface area (Å²) in [6.07, 6.45) is 10.6. The Kier molecular flexibility index (Phi) is 5.30. The van der Waals surface area contributed by atoms with Crippen LogP contribution in [0.5, 0.6) is 0 Å². The van der Waals surface area contributed by atoms with Crippen molar-refractivity contribution in [3.8, 4) is 0 Å². The van der Waals surface area contributed by atoms with Gasteiger partial charge < -0.3 is 10.0 Å². The zero-order valence-corrected chi connectivity index (χ0v) is 11.4. The highest BCUT2D eigenvalue weighted by molar-refractivity contribution is 4.80. The van der Waals surface area contributed by atoms with E-state index in [1.807, 2.05) is 0 Å². The number of aliphatic hydroxyl groups excluding tert-OH is 1. The van der Waals surface area contributed by atoms with Crippen LogP contribution >= 0.6 is 0 Å². The van der Waals surface area contributed by atoms with E-state index in [9.17, 15) is 5.11 Å². The molecule has 1 N–H and O–H groups in total. The Bertz CT molecular complexity index is 205. The van der Waals surface area contributed by atoms with Crippen LogP contribution in [0.15, 0.2) is 0 Å². The number of piperidine rings is 1. The molecule has 1 aliphatic heterocycles. The van der Waals surface area contributed by atoms with Gasteiger partial charge >= 0.3 is 0 Å². The third-order valence-corrected chi connectivity index (χ3v) is 4.79.